The highest BCUT2D eigenvalue weighted by Gasteiger charge is 1.98. The van der Waals surface area contributed by atoms with Crippen LogP contribution in [0.25, 0.3) is 23.1 Å². The lowest BCUT2D eigenvalue weighted by Crippen LogP contribution is -1.86. The van der Waals surface area contributed by atoms with Crippen molar-refractivity contribution in [1.82, 2.24) is 4.98 Å². The summed E-state index contributed by atoms with van der Waals surface area (Å²) in [5, 5.41) is 1.80. The zero-order chi connectivity index (χ0) is 14.7. The molecule has 0 unspecified atom stereocenters. The summed E-state index contributed by atoms with van der Waals surface area (Å²) in [6.45, 7) is 0. The normalized spacial score (nSPS) is 11.1. The molecule has 0 spiro atoms. The van der Waals surface area contributed by atoms with E-state index in [2.05, 4.69) is 4.98 Å². The third-order valence-electron chi connectivity index (χ3n) is 3.21. The number of nitrogens with zero attached hydrogens (tertiary/aromatic N) is 1. The molecule has 0 amide bonds. The molecule has 3 aromatic rings. The van der Waals surface area contributed by atoms with Gasteiger partial charge in [-0.3, -0.25) is 0 Å². The van der Waals surface area contributed by atoms with Crippen molar-refractivity contribution in [2.75, 3.05) is 7.11 Å². The van der Waals surface area contributed by atoms with E-state index >= 15 is 0 Å². The number of pyridine rings is 1. The lowest BCUT2D eigenvalue weighted by atomic mass is 10.1. The number of aromatic nitrogens is 1. The van der Waals surface area contributed by atoms with Crippen molar-refractivity contribution in [2.24, 2.45) is 0 Å². The van der Waals surface area contributed by atoms with Gasteiger partial charge in [-0.2, -0.15) is 0 Å². The smallest absolute Gasteiger partial charge is 0.119 e. The van der Waals surface area contributed by atoms with Gasteiger partial charge < -0.3 is 4.74 Å². The summed E-state index contributed by atoms with van der Waals surface area (Å²) in [7, 11) is 1.66. The van der Waals surface area contributed by atoms with Gasteiger partial charge in [-0.1, -0.05) is 35.9 Å². The summed E-state index contributed by atoms with van der Waals surface area (Å²) in [6.07, 6.45) is 3.99. The van der Waals surface area contributed by atoms with Crippen LogP contribution < -0.4 is 4.74 Å². The second kappa shape index (κ2) is 5.98. The topological polar surface area (TPSA) is 22.1 Å². The zero-order valence-corrected chi connectivity index (χ0v) is 12.3. The van der Waals surface area contributed by atoms with Crippen LogP contribution in [-0.4, -0.2) is 12.1 Å². The molecule has 2 aromatic carbocycles. The Balaban J connectivity index is 1.91. The molecule has 0 saturated carbocycles. The lowest BCUT2D eigenvalue weighted by Gasteiger charge is -2.02. The quantitative estimate of drug-likeness (QED) is 0.673. The van der Waals surface area contributed by atoms with E-state index in [0.717, 1.165) is 32.9 Å². The minimum Gasteiger partial charge on any atom is -0.497 e. The van der Waals surface area contributed by atoms with Gasteiger partial charge in [-0.15, -0.1) is 0 Å². The Hall–Kier alpha value is -2.32. The molecule has 2 nitrogen and oxygen atoms in total. The van der Waals surface area contributed by atoms with Gasteiger partial charge in [0.05, 0.1) is 18.3 Å². The number of hydrogen-bond donors (Lipinski definition) is 0. The second-order valence-corrected chi connectivity index (χ2v) is 5.12. The summed E-state index contributed by atoms with van der Waals surface area (Å²) >= 11 is 5.97. The van der Waals surface area contributed by atoms with Gasteiger partial charge in [0.15, 0.2) is 0 Å². The van der Waals surface area contributed by atoms with Crippen molar-refractivity contribution < 1.29 is 4.74 Å². The molecule has 3 heteroatoms. The Morgan fingerprint density at radius 1 is 1.00 bits per heavy atom. The maximum absolute atomic E-state index is 5.97. The molecule has 0 aliphatic carbocycles. The van der Waals surface area contributed by atoms with Gasteiger partial charge in [0.1, 0.15) is 5.75 Å². The van der Waals surface area contributed by atoms with E-state index in [1.165, 1.54) is 0 Å². The number of rotatable bonds is 3. The first-order valence-corrected chi connectivity index (χ1v) is 7.01. The van der Waals surface area contributed by atoms with E-state index < -0.39 is 0 Å². The van der Waals surface area contributed by atoms with E-state index in [1.54, 1.807) is 7.11 Å². The van der Waals surface area contributed by atoms with Crippen LogP contribution in [0.5, 0.6) is 5.75 Å². The first-order valence-electron chi connectivity index (χ1n) is 6.63. The molecule has 0 saturated heterocycles. The summed E-state index contributed by atoms with van der Waals surface area (Å²) < 4.78 is 5.21. The van der Waals surface area contributed by atoms with Gasteiger partial charge in [0.2, 0.25) is 0 Å². The molecular formula is C18H14ClNO. The Kier molecular flexibility index (Phi) is 3.89. The maximum Gasteiger partial charge on any atom is 0.119 e. The third kappa shape index (κ3) is 3.23. The van der Waals surface area contributed by atoms with Crippen LogP contribution in [0, 0.1) is 0 Å². The number of hydrogen-bond acceptors (Lipinski definition) is 2. The number of halogens is 1. The van der Waals surface area contributed by atoms with Crippen molar-refractivity contribution in [3.8, 4) is 5.75 Å². The molecule has 0 radical (unpaired) electrons. The Morgan fingerprint density at radius 3 is 2.71 bits per heavy atom. The standard InChI is InChI=1S/C18H14ClNO/c1-21-17-9-10-18-14(12-17)6-8-16(20-18)7-5-13-3-2-4-15(19)11-13/h2-12H,1H3/b7-5+. The highest BCUT2D eigenvalue weighted by molar-refractivity contribution is 6.30. The van der Waals surface area contributed by atoms with Crippen LogP contribution in [0.3, 0.4) is 0 Å². The lowest BCUT2D eigenvalue weighted by molar-refractivity contribution is 0.415. The van der Waals surface area contributed by atoms with Gasteiger partial charge in [0.25, 0.3) is 0 Å². The molecule has 0 aliphatic rings. The van der Waals surface area contributed by atoms with Crippen LogP contribution in [0.4, 0.5) is 0 Å². The highest BCUT2D eigenvalue weighted by atomic mass is 35.5. The average Bonchev–Trinajstić information content (AvgIpc) is 2.52. The summed E-state index contributed by atoms with van der Waals surface area (Å²) in [6, 6.07) is 17.6. The van der Waals surface area contributed by atoms with Crippen molar-refractivity contribution >= 4 is 34.7 Å². The van der Waals surface area contributed by atoms with Gasteiger partial charge >= 0.3 is 0 Å². The molecule has 0 aliphatic heterocycles. The predicted octanol–water partition coefficient (Wildman–Crippen LogP) is 5.07. The van der Waals surface area contributed by atoms with Crippen molar-refractivity contribution in [3.05, 3.63) is 70.9 Å². The molecule has 0 fully saturated rings. The molecule has 3 rings (SSSR count). The van der Waals surface area contributed by atoms with Crippen molar-refractivity contribution in [2.45, 2.75) is 0 Å². The molecule has 0 N–H and O–H groups in total. The minimum atomic E-state index is 0.732. The van der Waals surface area contributed by atoms with E-state index in [-0.39, 0.29) is 0 Å². The average molecular weight is 296 g/mol. The Labute approximate surface area is 128 Å². The monoisotopic (exact) mass is 295 g/mol. The van der Waals surface area contributed by atoms with E-state index in [1.807, 2.05) is 66.7 Å². The summed E-state index contributed by atoms with van der Waals surface area (Å²) in [5.74, 6) is 0.839. The first kappa shape index (κ1) is 13.7. The molecule has 1 heterocycles. The van der Waals surface area contributed by atoms with E-state index in [4.69, 9.17) is 16.3 Å². The van der Waals surface area contributed by atoms with Crippen molar-refractivity contribution in [1.29, 1.82) is 0 Å². The molecular weight excluding hydrogens is 282 g/mol. The number of methoxy groups -OCH3 is 1. The molecule has 0 atom stereocenters. The zero-order valence-electron chi connectivity index (χ0n) is 11.6. The molecule has 1 aromatic heterocycles. The minimum absolute atomic E-state index is 0.732. The molecule has 104 valence electrons. The predicted molar refractivity (Wildman–Crippen MR) is 88.7 cm³/mol. The summed E-state index contributed by atoms with van der Waals surface area (Å²) in [5.41, 5.74) is 2.91. The number of fused-ring (bicyclic) bond motifs is 1. The Morgan fingerprint density at radius 2 is 1.90 bits per heavy atom. The van der Waals surface area contributed by atoms with Gasteiger partial charge in [0, 0.05) is 10.4 Å². The second-order valence-electron chi connectivity index (χ2n) is 4.68. The first-order chi connectivity index (χ1) is 10.2. The molecule has 0 bridgehead atoms. The van der Waals surface area contributed by atoms with E-state index in [9.17, 15) is 0 Å². The fourth-order valence-corrected chi connectivity index (χ4v) is 2.33. The number of ether oxygens (including phenoxy) is 1. The maximum atomic E-state index is 5.97. The molecule has 21 heavy (non-hydrogen) atoms. The SMILES string of the molecule is COc1ccc2nc(/C=C/c3cccc(Cl)c3)ccc2c1. The van der Waals surface area contributed by atoms with Crippen LogP contribution in [0.15, 0.2) is 54.6 Å². The largest absolute Gasteiger partial charge is 0.497 e. The number of benzene rings is 2. The highest BCUT2D eigenvalue weighted by Crippen LogP contribution is 2.20. The Bertz CT molecular complexity index is 811. The van der Waals surface area contributed by atoms with Gasteiger partial charge in [-0.05, 0) is 48.0 Å². The van der Waals surface area contributed by atoms with Crippen LogP contribution in [0.2, 0.25) is 5.02 Å². The van der Waals surface area contributed by atoms with Crippen molar-refractivity contribution in [3.63, 3.8) is 0 Å². The van der Waals surface area contributed by atoms with E-state index in [0.29, 0.717) is 0 Å². The fraction of sp³-hybridized carbons (Fsp3) is 0.0556. The van der Waals surface area contributed by atoms with Gasteiger partial charge in [-0.25, -0.2) is 4.98 Å². The van der Waals surface area contributed by atoms with Crippen LogP contribution >= 0.6 is 11.6 Å². The fourth-order valence-electron chi connectivity index (χ4n) is 2.13. The van der Waals surface area contributed by atoms with Crippen LogP contribution in [-0.2, 0) is 0 Å². The van der Waals surface area contributed by atoms with Crippen LogP contribution in [0.1, 0.15) is 11.3 Å². The third-order valence-corrected chi connectivity index (χ3v) is 3.45. The summed E-state index contributed by atoms with van der Waals surface area (Å²) in [4.78, 5) is 4.61.